The molecule has 1 aliphatic rings. The highest BCUT2D eigenvalue weighted by molar-refractivity contribution is 7.89. The Labute approximate surface area is 169 Å². The van der Waals surface area contributed by atoms with Crippen LogP contribution in [0.4, 0.5) is 13.2 Å². The highest BCUT2D eigenvalue weighted by Crippen LogP contribution is 2.32. The number of aromatic nitrogens is 3. The van der Waals surface area contributed by atoms with Crippen LogP contribution in [-0.2, 0) is 26.2 Å². The molecule has 0 atom stereocenters. The third-order valence-corrected chi connectivity index (χ3v) is 7.66. The van der Waals surface area contributed by atoms with Gasteiger partial charge in [0.15, 0.2) is 5.82 Å². The summed E-state index contributed by atoms with van der Waals surface area (Å²) in [5.74, 6) is -0.164. The molecule has 0 N–H and O–H groups in total. The molecule has 0 amide bonds. The van der Waals surface area contributed by atoms with E-state index in [2.05, 4.69) is 10.1 Å². The molecule has 2 aromatic rings. The summed E-state index contributed by atoms with van der Waals surface area (Å²) >= 11 is 5.86. The molecule has 0 saturated carbocycles. The summed E-state index contributed by atoms with van der Waals surface area (Å²) in [6, 6.07) is 0.671. The van der Waals surface area contributed by atoms with Crippen molar-refractivity contribution in [3.8, 4) is 5.82 Å². The average molecular weight is 474 g/mol. The molecule has 0 bridgehead atoms. The normalized spacial score (nSPS) is 17.6. The van der Waals surface area contributed by atoms with Crippen molar-refractivity contribution in [2.45, 2.75) is 11.1 Å². The Bertz CT molecular complexity index is 1130. The number of nitrogens with zero attached hydrogens (tertiary/aromatic N) is 5. The highest BCUT2D eigenvalue weighted by Gasteiger charge is 2.33. The van der Waals surface area contributed by atoms with Crippen LogP contribution in [-0.4, -0.2) is 72.6 Å². The molecule has 160 valence electrons. The molecule has 0 radical (unpaired) electrons. The number of piperazine rings is 1. The topological polar surface area (TPSA) is 105 Å². The lowest BCUT2D eigenvalue weighted by Gasteiger charge is -2.32. The van der Waals surface area contributed by atoms with Gasteiger partial charge in [-0.1, -0.05) is 11.6 Å². The van der Waals surface area contributed by atoms with Crippen LogP contribution in [0.2, 0.25) is 5.02 Å². The van der Waals surface area contributed by atoms with Crippen molar-refractivity contribution in [1.29, 1.82) is 0 Å². The molecule has 0 aromatic carbocycles. The Morgan fingerprint density at radius 3 is 2.14 bits per heavy atom. The second kappa shape index (κ2) is 7.50. The van der Waals surface area contributed by atoms with Crippen molar-refractivity contribution >= 4 is 31.6 Å². The minimum absolute atomic E-state index is 0.0124. The van der Waals surface area contributed by atoms with Crippen molar-refractivity contribution in [2.24, 2.45) is 0 Å². The maximum atomic E-state index is 12.8. The Kier molecular flexibility index (Phi) is 5.68. The molecule has 0 aliphatic carbocycles. The van der Waals surface area contributed by atoms with E-state index in [9.17, 15) is 30.0 Å². The molecule has 1 saturated heterocycles. The fourth-order valence-electron chi connectivity index (χ4n) is 2.70. The number of hydrogen-bond acceptors (Lipinski definition) is 6. The molecule has 1 fully saturated rings. The van der Waals surface area contributed by atoms with E-state index in [4.69, 9.17) is 11.6 Å². The minimum Gasteiger partial charge on any atom is -0.235 e. The maximum Gasteiger partial charge on any atom is 0.417 e. The van der Waals surface area contributed by atoms with Crippen LogP contribution in [0, 0.1) is 0 Å². The lowest BCUT2D eigenvalue weighted by molar-refractivity contribution is -0.137. The number of alkyl halides is 3. The summed E-state index contributed by atoms with van der Waals surface area (Å²) < 4.78 is 90.0. The van der Waals surface area contributed by atoms with Gasteiger partial charge < -0.3 is 0 Å². The first-order chi connectivity index (χ1) is 13.3. The number of halogens is 4. The minimum atomic E-state index is -4.62. The van der Waals surface area contributed by atoms with Gasteiger partial charge in [0.05, 0.1) is 29.2 Å². The van der Waals surface area contributed by atoms with Gasteiger partial charge in [0.25, 0.3) is 0 Å². The number of sulfonamides is 2. The molecule has 9 nitrogen and oxygen atoms in total. The lowest BCUT2D eigenvalue weighted by Crippen LogP contribution is -2.50. The predicted molar refractivity (Wildman–Crippen MR) is 96.5 cm³/mol. The van der Waals surface area contributed by atoms with Crippen LogP contribution >= 0.6 is 11.6 Å². The Morgan fingerprint density at radius 2 is 1.62 bits per heavy atom. The first-order valence-corrected chi connectivity index (χ1v) is 11.7. The second-order valence-electron chi connectivity index (χ2n) is 6.21. The first kappa shape index (κ1) is 22.0. The monoisotopic (exact) mass is 473 g/mol. The summed E-state index contributed by atoms with van der Waals surface area (Å²) in [5, 5.41) is 3.48. The molecule has 0 unspecified atom stereocenters. The molecule has 15 heteroatoms. The van der Waals surface area contributed by atoms with Gasteiger partial charge in [-0.05, 0) is 6.07 Å². The van der Waals surface area contributed by atoms with E-state index in [0.29, 0.717) is 12.3 Å². The summed E-state index contributed by atoms with van der Waals surface area (Å²) in [6.45, 7) is -0.0588. The third-order valence-electron chi connectivity index (χ3n) is 4.23. The fourth-order valence-corrected chi connectivity index (χ4v) is 5.14. The standard InChI is InChI=1S/C14H15ClF3N5O4S2/c1-28(24,25)21-2-4-22(5-3-21)29(26,27)11-8-20-23(9-11)13-12(15)6-10(7-19-13)14(16,17)18/h6-9H,2-5H2,1H3. The summed E-state index contributed by atoms with van der Waals surface area (Å²) in [7, 11) is -7.40. The highest BCUT2D eigenvalue weighted by atomic mass is 35.5. The summed E-state index contributed by atoms with van der Waals surface area (Å²) in [4.78, 5) is 3.41. The molecule has 1 aliphatic heterocycles. The largest absolute Gasteiger partial charge is 0.417 e. The van der Waals surface area contributed by atoms with Gasteiger partial charge in [0.1, 0.15) is 4.90 Å². The summed E-state index contributed by atoms with van der Waals surface area (Å²) in [6.07, 6.45) is -0.904. The predicted octanol–water partition coefficient (Wildman–Crippen LogP) is 1.21. The Hall–Kier alpha value is -1.74. The van der Waals surface area contributed by atoms with E-state index in [-0.39, 0.29) is 41.9 Å². The van der Waals surface area contributed by atoms with Crippen LogP contribution < -0.4 is 0 Å². The number of pyridine rings is 1. The van der Waals surface area contributed by atoms with Crippen molar-refractivity contribution < 1.29 is 30.0 Å². The van der Waals surface area contributed by atoms with Crippen LogP contribution in [0.25, 0.3) is 5.82 Å². The molecule has 29 heavy (non-hydrogen) atoms. The van der Waals surface area contributed by atoms with Crippen LogP contribution in [0.1, 0.15) is 5.56 Å². The first-order valence-electron chi connectivity index (χ1n) is 8.03. The smallest absolute Gasteiger partial charge is 0.235 e. The SMILES string of the molecule is CS(=O)(=O)N1CCN(S(=O)(=O)c2cnn(-c3ncc(C(F)(F)F)cc3Cl)c2)CC1. The van der Waals surface area contributed by atoms with E-state index in [1.165, 1.54) is 4.31 Å². The van der Waals surface area contributed by atoms with Gasteiger partial charge in [0.2, 0.25) is 20.0 Å². The van der Waals surface area contributed by atoms with E-state index in [1.54, 1.807) is 0 Å². The van der Waals surface area contributed by atoms with Gasteiger partial charge in [-0.15, -0.1) is 0 Å². The number of hydrogen-bond donors (Lipinski definition) is 0. The summed E-state index contributed by atoms with van der Waals surface area (Å²) in [5.41, 5.74) is -1.05. The van der Waals surface area contributed by atoms with Crippen molar-refractivity contribution in [2.75, 3.05) is 32.4 Å². The molecular formula is C14H15ClF3N5O4S2. The van der Waals surface area contributed by atoms with E-state index in [1.807, 2.05) is 0 Å². The van der Waals surface area contributed by atoms with Crippen molar-refractivity contribution in [1.82, 2.24) is 23.4 Å². The molecule has 3 rings (SSSR count). The van der Waals surface area contributed by atoms with E-state index < -0.39 is 31.8 Å². The molecular weight excluding hydrogens is 459 g/mol. The zero-order chi connectivity index (χ0) is 21.6. The average Bonchev–Trinajstić information content (AvgIpc) is 3.11. The lowest BCUT2D eigenvalue weighted by atomic mass is 10.3. The Balaban J connectivity index is 1.83. The van der Waals surface area contributed by atoms with E-state index in [0.717, 1.165) is 27.6 Å². The van der Waals surface area contributed by atoms with Gasteiger partial charge in [-0.25, -0.2) is 26.5 Å². The van der Waals surface area contributed by atoms with E-state index >= 15 is 0 Å². The molecule has 3 heterocycles. The quantitative estimate of drug-likeness (QED) is 0.660. The van der Waals surface area contributed by atoms with Crippen molar-refractivity contribution in [3.63, 3.8) is 0 Å². The van der Waals surface area contributed by atoms with Crippen molar-refractivity contribution in [3.05, 3.63) is 35.2 Å². The van der Waals surface area contributed by atoms with Crippen LogP contribution in [0.15, 0.2) is 29.6 Å². The molecule has 2 aromatic heterocycles. The maximum absolute atomic E-state index is 12.8. The van der Waals surface area contributed by atoms with Gasteiger partial charge >= 0.3 is 6.18 Å². The zero-order valence-corrected chi connectivity index (χ0v) is 17.2. The van der Waals surface area contributed by atoms with Gasteiger partial charge in [-0.3, -0.25) is 0 Å². The Morgan fingerprint density at radius 1 is 1.03 bits per heavy atom. The second-order valence-corrected chi connectivity index (χ2v) is 10.5. The third kappa shape index (κ3) is 4.55. The fraction of sp³-hybridized carbons (Fsp3) is 0.429. The van der Waals surface area contributed by atoms with Crippen LogP contribution in [0.5, 0.6) is 0 Å². The van der Waals surface area contributed by atoms with Crippen LogP contribution in [0.3, 0.4) is 0 Å². The zero-order valence-electron chi connectivity index (χ0n) is 14.8. The number of rotatable bonds is 4. The van der Waals surface area contributed by atoms with Gasteiger partial charge in [-0.2, -0.15) is 26.9 Å². The molecule has 0 spiro atoms. The van der Waals surface area contributed by atoms with Gasteiger partial charge in [0, 0.05) is 32.4 Å².